The molecule has 7 nitrogen and oxygen atoms in total. The van der Waals surface area contributed by atoms with Crippen LogP contribution >= 0.6 is 0 Å². The Labute approximate surface area is 150 Å². The van der Waals surface area contributed by atoms with Crippen molar-refractivity contribution in [3.05, 3.63) is 65.7 Å². The second-order valence-electron chi connectivity index (χ2n) is 5.12. The molecule has 26 heavy (non-hydrogen) atoms. The van der Waals surface area contributed by atoms with Crippen LogP contribution in [0.15, 0.2) is 59.7 Å². The van der Waals surface area contributed by atoms with Gasteiger partial charge in [0, 0.05) is 0 Å². The highest BCUT2D eigenvalue weighted by Crippen LogP contribution is 2.23. The molecule has 0 aliphatic rings. The number of methoxy groups -OCH3 is 2. The standard InChI is InChI=1S/C19H18N2O5/c1-25-18(23)12-17(22)21(20-13-14-8-4-3-5-9-14)16-11-7-6-10-15(16)19(24)26-2/h3-11,13H,12H2,1-2H3. The number of benzene rings is 2. The highest BCUT2D eigenvalue weighted by Gasteiger charge is 2.23. The summed E-state index contributed by atoms with van der Waals surface area (Å²) in [5, 5.41) is 5.17. The fourth-order valence-electron chi connectivity index (χ4n) is 2.14. The normalized spacial score (nSPS) is 10.4. The summed E-state index contributed by atoms with van der Waals surface area (Å²) < 4.78 is 9.29. The topological polar surface area (TPSA) is 85.3 Å². The third kappa shape index (κ3) is 4.76. The van der Waals surface area contributed by atoms with Crippen molar-refractivity contribution in [2.24, 2.45) is 5.10 Å². The lowest BCUT2D eigenvalue weighted by Crippen LogP contribution is -2.29. The van der Waals surface area contributed by atoms with Gasteiger partial charge >= 0.3 is 11.9 Å². The van der Waals surface area contributed by atoms with Crippen molar-refractivity contribution >= 4 is 29.7 Å². The van der Waals surface area contributed by atoms with Gasteiger partial charge in [-0.25, -0.2) is 4.79 Å². The van der Waals surface area contributed by atoms with Crippen molar-refractivity contribution in [3.63, 3.8) is 0 Å². The van der Waals surface area contributed by atoms with E-state index in [1.165, 1.54) is 26.5 Å². The van der Waals surface area contributed by atoms with E-state index in [1.807, 2.05) is 18.2 Å². The van der Waals surface area contributed by atoms with E-state index < -0.39 is 24.3 Å². The van der Waals surface area contributed by atoms with Gasteiger partial charge in [-0.05, 0) is 17.7 Å². The maximum Gasteiger partial charge on any atom is 0.340 e. The maximum atomic E-state index is 12.6. The van der Waals surface area contributed by atoms with E-state index >= 15 is 0 Å². The molecule has 0 spiro atoms. The molecule has 0 saturated carbocycles. The third-order valence-electron chi connectivity index (χ3n) is 3.42. The molecular formula is C19H18N2O5. The highest BCUT2D eigenvalue weighted by molar-refractivity contribution is 6.07. The van der Waals surface area contributed by atoms with Crippen molar-refractivity contribution in [2.75, 3.05) is 19.2 Å². The summed E-state index contributed by atoms with van der Waals surface area (Å²) in [5.41, 5.74) is 1.11. The van der Waals surface area contributed by atoms with Gasteiger partial charge in [0.15, 0.2) is 0 Å². The van der Waals surface area contributed by atoms with E-state index in [2.05, 4.69) is 9.84 Å². The lowest BCUT2D eigenvalue weighted by Gasteiger charge is -2.19. The number of anilines is 1. The van der Waals surface area contributed by atoms with Crippen LogP contribution in [0.3, 0.4) is 0 Å². The van der Waals surface area contributed by atoms with E-state index in [-0.39, 0.29) is 11.3 Å². The summed E-state index contributed by atoms with van der Waals surface area (Å²) in [6.07, 6.45) is 0.946. The Morgan fingerprint density at radius 3 is 2.27 bits per heavy atom. The number of para-hydroxylation sites is 1. The molecular weight excluding hydrogens is 336 g/mol. The Bertz CT molecular complexity index is 818. The van der Waals surface area contributed by atoms with Crippen LogP contribution in [0.4, 0.5) is 5.69 Å². The summed E-state index contributed by atoms with van der Waals surface area (Å²) >= 11 is 0. The monoisotopic (exact) mass is 354 g/mol. The molecule has 0 aromatic heterocycles. The summed E-state index contributed by atoms with van der Waals surface area (Å²) in [4.78, 5) is 36.1. The molecule has 0 atom stereocenters. The van der Waals surface area contributed by atoms with Crippen LogP contribution in [0.5, 0.6) is 0 Å². The van der Waals surface area contributed by atoms with Crippen LogP contribution in [0.25, 0.3) is 0 Å². The first-order valence-corrected chi connectivity index (χ1v) is 7.73. The average molecular weight is 354 g/mol. The molecule has 0 bridgehead atoms. The highest BCUT2D eigenvalue weighted by atomic mass is 16.5. The van der Waals surface area contributed by atoms with Gasteiger partial charge in [0.05, 0.1) is 31.7 Å². The summed E-state index contributed by atoms with van der Waals surface area (Å²) in [6, 6.07) is 15.5. The predicted octanol–water partition coefficient (Wildman–Crippen LogP) is 2.40. The van der Waals surface area contributed by atoms with E-state index in [1.54, 1.807) is 30.3 Å². The minimum atomic E-state index is -0.703. The molecule has 0 heterocycles. The second-order valence-corrected chi connectivity index (χ2v) is 5.12. The minimum absolute atomic E-state index is 0.151. The first kappa shape index (κ1) is 18.9. The number of carbonyl (C=O) groups is 3. The maximum absolute atomic E-state index is 12.6. The van der Waals surface area contributed by atoms with Crippen LogP contribution in [0.1, 0.15) is 22.3 Å². The SMILES string of the molecule is COC(=O)CC(=O)N(N=Cc1ccccc1)c1ccccc1C(=O)OC. The molecule has 2 aromatic rings. The average Bonchev–Trinajstić information content (AvgIpc) is 2.68. The Balaban J connectivity index is 2.44. The predicted molar refractivity (Wildman–Crippen MR) is 95.9 cm³/mol. The number of rotatable bonds is 6. The molecule has 1 amide bonds. The van der Waals surface area contributed by atoms with Gasteiger partial charge in [-0.2, -0.15) is 10.1 Å². The molecule has 134 valence electrons. The van der Waals surface area contributed by atoms with Crippen LogP contribution in [0.2, 0.25) is 0 Å². The number of hydrogen-bond acceptors (Lipinski definition) is 6. The zero-order valence-corrected chi connectivity index (χ0v) is 14.4. The Hall–Kier alpha value is -3.48. The van der Waals surface area contributed by atoms with Crippen molar-refractivity contribution in [2.45, 2.75) is 6.42 Å². The number of hydrogen-bond donors (Lipinski definition) is 0. The van der Waals surface area contributed by atoms with Crippen LogP contribution < -0.4 is 5.01 Å². The number of hydrazone groups is 1. The van der Waals surface area contributed by atoms with Gasteiger partial charge in [0.1, 0.15) is 6.42 Å². The van der Waals surface area contributed by atoms with E-state index in [0.717, 1.165) is 10.6 Å². The smallest absolute Gasteiger partial charge is 0.340 e. The number of ether oxygens (including phenoxy) is 2. The quantitative estimate of drug-likeness (QED) is 0.344. The Morgan fingerprint density at radius 2 is 1.62 bits per heavy atom. The number of amides is 1. The molecule has 2 aromatic carbocycles. The molecule has 0 saturated heterocycles. The van der Waals surface area contributed by atoms with Crippen molar-refractivity contribution in [3.8, 4) is 0 Å². The fourth-order valence-corrected chi connectivity index (χ4v) is 2.14. The first-order chi connectivity index (χ1) is 12.6. The number of carbonyl (C=O) groups excluding carboxylic acids is 3. The lowest BCUT2D eigenvalue weighted by molar-refractivity contribution is -0.143. The van der Waals surface area contributed by atoms with Gasteiger partial charge < -0.3 is 9.47 Å². The van der Waals surface area contributed by atoms with Crippen molar-refractivity contribution < 1.29 is 23.9 Å². The first-order valence-electron chi connectivity index (χ1n) is 7.73. The summed E-state index contributed by atoms with van der Waals surface area (Å²) in [6.45, 7) is 0. The fraction of sp³-hybridized carbons (Fsp3) is 0.158. The summed E-state index contributed by atoms with van der Waals surface area (Å²) in [5.74, 6) is -1.96. The number of nitrogens with zero attached hydrogens (tertiary/aromatic N) is 2. The number of esters is 2. The molecule has 0 unspecified atom stereocenters. The largest absolute Gasteiger partial charge is 0.469 e. The van der Waals surface area contributed by atoms with Gasteiger partial charge in [-0.15, -0.1) is 0 Å². The van der Waals surface area contributed by atoms with Crippen LogP contribution in [0, 0.1) is 0 Å². The van der Waals surface area contributed by atoms with E-state index in [4.69, 9.17) is 4.74 Å². The molecule has 0 aliphatic carbocycles. The lowest BCUT2D eigenvalue weighted by atomic mass is 10.1. The Morgan fingerprint density at radius 1 is 0.962 bits per heavy atom. The minimum Gasteiger partial charge on any atom is -0.469 e. The molecule has 0 N–H and O–H groups in total. The second kappa shape index (κ2) is 9.12. The van der Waals surface area contributed by atoms with E-state index in [0.29, 0.717) is 0 Å². The van der Waals surface area contributed by atoms with Crippen molar-refractivity contribution in [1.82, 2.24) is 0 Å². The zero-order chi connectivity index (χ0) is 18.9. The van der Waals surface area contributed by atoms with E-state index in [9.17, 15) is 14.4 Å². The van der Waals surface area contributed by atoms with Crippen LogP contribution in [-0.4, -0.2) is 38.3 Å². The van der Waals surface area contributed by atoms with Crippen molar-refractivity contribution in [1.29, 1.82) is 0 Å². The van der Waals surface area contributed by atoms with Gasteiger partial charge in [0.25, 0.3) is 5.91 Å². The van der Waals surface area contributed by atoms with Gasteiger partial charge in [-0.3, -0.25) is 9.59 Å². The molecule has 7 heteroatoms. The van der Waals surface area contributed by atoms with Crippen LogP contribution in [-0.2, 0) is 19.1 Å². The molecule has 0 fully saturated rings. The van der Waals surface area contributed by atoms with Gasteiger partial charge in [0.2, 0.25) is 0 Å². The van der Waals surface area contributed by atoms with Gasteiger partial charge in [-0.1, -0.05) is 42.5 Å². The molecule has 2 rings (SSSR count). The molecule has 0 aliphatic heterocycles. The summed E-state index contributed by atoms with van der Waals surface area (Å²) in [7, 11) is 2.43. The third-order valence-corrected chi connectivity index (χ3v) is 3.42. The molecule has 0 radical (unpaired) electrons. The zero-order valence-electron chi connectivity index (χ0n) is 14.4. The Kier molecular flexibility index (Phi) is 6.61.